The Morgan fingerprint density at radius 2 is 1.92 bits per heavy atom. The predicted molar refractivity (Wildman–Crippen MR) is 58.3 cm³/mol. The molecule has 1 aliphatic heterocycles. The maximum atomic E-state index is 2.35. The molecule has 0 fully saturated rings. The summed E-state index contributed by atoms with van der Waals surface area (Å²) < 4.78 is 0. The van der Waals surface area contributed by atoms with E-state index >= 15 is 0 Å². The molecule has 0 bridgehead atoms. The molecule has 1 atom stereocenters. The van der Waals surface area contributed by atoms with Gasteiger partial charge in [-0.05, 0) is 16.7 Å². The highest BCUT2D eigenvalue weighted by molar-refractivity contribution is 8.03. The molecule has 68 valence electrons. The summed E-state index contributed by atoms with van der Waals surface area (Å²) in [6, 6.07) is 0. The van der Waals surface area contributed by atoms with Crippen molar-refractivity contribution in [2.75, 3.05) is 0 Å². The third-order valence-electron chi connectivity index (χ3n) is 2.92. The number of hydrogen-bond donors (Lipinski definition) is 0. The van der Waals surface area contributed by atoms with Crippen molar-refractivity contribution in [3.63, 3.8) is 0 Å². The van der Waals surface area contributed by atoms with Gasteiger partial charge < -0.3 is 0 Å². The van der Waals surface area contributed by atoms with Crippen LogP contribution in [0.4, 0.5) is 0 Å². The van der Waals surface area contributed by atoms with Gasteiger partial charge in [0.05, 0.1) is 0 Å². The lowest BCUT2D eigenvalue weighted by Gasteiger charge is -2.36. The summed E-state index contributed by atoms with van der Waals surface area (Å²) >= 11 is 1.93. The average Bonchev–Trinajstić information content (AvgIpc) is 2.06. The summed E-state index contributed by atoms with van der Waals surface area (Å²) in [4.78, 5) is 0. The van der Waals surface area contributed by atoms with Crippen molar-refractivity contribution in [3.8, 4) is 0 Å². The van der Waals surface area contributed by atoms with Crippen LogP contribution < -0.4 is 0 Å². The van der Waals surface area contributed by atoms with E-state index in [-0.39, 0.29) is 0 Å². The molecule has 0 aromatic carbocycles. The first-order valence-corrected chi connectivity index (χ1v) is 5.48. The summed E-state index contributed by atoms with van der Waals surface area (Å²) in [6.07, 6.45) is 6.58. The highest BCUT2D eigenvalue weighted by atomic mass is 32.2. The first kappa shape index (κ1) is 9.91. The number of rotatable bonds is 2. The molecular formula is C11H18S. The zero-order valence-electron chi connectivity index (χ0n) is 8.37. The Morgan fingerprint density at radius 1 is 1.25 bits per heavy atom. The van der Waals surface area contributed by atoms with Crippen LogP contribution in [0.5, 0.6) is 0 Å². The van der Waals surface area contributed by atoms with Crippen molar-refractivity contribution in [2.24, 2.45) is 11.3 Å². The van der Waals surface area contributed by atoms with E-state index < -0.39 is 0 Å². The van der Waals surface area contributed by atoms with Gasteiger partial charge >= 0.3 is 0 Å². The summed E-state index contributed by atoms with van der Waals surface area (Å²) in [5.74, 6) is 0.728. The Morgan fingerprint density at radius 3 is 2.33 bits per heavy atom. The SMILES string of the molecule is CC(C)C(C)(C)C1C=CC=CS1. The normalized spacial score (nSPS) is 23.6. The highest BCUT2D eigenvalue weighted by Gasteiger charge is 2.31. The molecular weight excluding hydrogens is 164 g/mol. The molecule has 0 radical (unpaired) electrons. The summed E-state index contributed by atoms with van der Waals surface area (Å²) in [5.41, 5.74) is 0.395. The van der Waals surface area contributed by atoms with Gasteiger partial charge in [-0.25, -0.2) is 0 Å². The molecule has 0 saturated carbocycles. The minimum absolute atomic E-state index is 0.395. The van der Waals surface area contributed by atoms with Gasteiger partial charge in [0.25, 0.3) is 0 Å². The lowest BCUT2D eigenvalue weighted by molar-refractivity contribution is 0.262. The van der Waals surface area contributed by atoms with E-state index in [1.807, 2.05) is 11.8 Å². The maximum Gasteiger partial charge on any atom is 0.0325 e. The van der Waals surface area contributed by atoms with Crippen LogP contribution >= 0.6 is 11.8 Å². The second-order valence-electron chi connectivity index (χ2n) is 4.25. The second kappa shape index (κ2) is 3.69. The van der Waals surface area contributed by atoms with Gasteiger partial charge in [-0.3, -0.25) is 0 Å². The molecule has 1 heterocycles. The predicted octanol–water partition coefficient (Wildman–Crippen LogP) is 3.85. The molecule has 0 aliphatic carbocycles. The average molecular weight is 182 g/mol. The number of thioether (sulfide) groups is 1. The zero-order valence-corrected chi connectivity index (χ0v) is 9.19. The summed E-state index contributed by atoms with van der Waals surface area (Å²) in [7, 11) is 0. The Bertz CT molecular complexity index is 199. The van der Waals surface area contributed by atoms with Crippen LogP contribution in [0.15, 0.2) is 23.6 Å². The molecule has 0 aromatic heterocycles. The van der Waals surface area contributed by atoms with Gasteiger partial charge in [0.2, 0.25) is 0 Å². The largest absolute Gasteiger partial charge is 0.126 e. The molecule has 0 nitrogen and oxygen atoms in total. The fraction of sp³-hybridized carbons (Fsp3) is 0.636. The molecule has 0 saturated heterocycles. The first-order valence-electron chi connectivity index (χ1n) is 4.54. The summed E-state index contributed by atoms with van der Waals surface area (Å²) in [5, 5.41) is 2.83. The Kier molecular flexibility index (Phi) is 3.05. The summed E-state index contributed by atoms with van der Waals surface area (Å²) in [6.45, 7) is 9.29. The van der Waals surface area contributed by atoms with Gasteiger partial charge in [0, 0.05) is 5.25 Å². The molecule has 1 heteroatoms. The molecule has 1 aliphatic rings. The van der Waals surface area contributed by atoms with Gasteiger partial charge in [0.15, 0.2) is 0 Å². The van der Waals surface area contributed by atoms with Crippen LogP contribution in [-0.2, 0) is 0 Å². The van der Waals surface area contributed by atoms with Crippen molar-refractivity contribution in [1.82, 2.24) is 0 Å². The van der Waals surface area contributed by atoms with Crippen molar-refractivity contribution < 1.29 is 0 Å². The lowest BCUT2D eigenvalue weighted by Crippen LogP contribution is -2.30. The molecule has 0 amide bonds. The fourth-order valence-corrected chi connectivity index (χ4v) is 2.29. The van der Waals surface area contributed by atoms with Crippen molar-refractivity contribution in [2.45, 2.75) is 32.9 Å². The van der Waals surface area contributed by atoms with Crippen molar-refractivity contribution in [3.05, 3.63) is 23.6 Å². The van der Waals surface area contributed by atoms with E-state index in [1.54, 1.807) is 0 Å². The molecule has 1 rings (SSSR count). The van der Waals surface area contributed by atoms with Gasteiger partial charge in [-0.1, -0.05) is 45.9 Å². The van der Waals surface area contributed by atoms with Crippen molar-refractivity contribution in [1.29, 1.82) is 0 Å². The standard InChI is InChI=1S/C11H18S/c1-9(2)11(3,4)10-7-5-6-8-12-10/h5-10H,1-4H3. The highest BCUT2D eigenvalue weighted by Crippen LogP contribution is 2.39. The minimum atomic E-state index is 0.395. The van der Waals surface area contributed by atoms with Crippen LogP contribution in [0.3, 0.4) is 0 Å². The van der Waals surface area contributed by atoms with E-state index in [0.717, 1.165) is 5.92 Å². The fourth-order valence-electron chi connectivity index (χ4n) is 1.14. The monoisotopic (exact) mass is 182 g/mol. The third-order valence-corrected chi connectivity index (χ3v) is 4.29. The van der Waals surface area contributed by atoms with Crippen LogP contribution in [0.1, 0.15) is 27.7 Å². The van der Waals surface area contributed by atoms with Crippen LogP contribution in [0.2, 0.25) is 0 Å². The topological polar surface area (TPSA) is 0 Å². The third kappa shape index (κ3) is 1.95. The van der Waals surface area contributed by atoms with E-state index in [1.165, 1.54) is 0 Å². The molecule has 0 spiro atoms. The van der Waals surface area contributed by atoms with E-state index in [2.05, 4.69) is 51.3 Å². The van der Waals surface area contributed by atoms with Gasteiger partial charge in [-0.2, -0.15) is 0 Å². The molecule has 12 heavy (non-hydrogen) atoms. The Hall–Kier alpha value is -0.170. The minimum Gasteiger partial charge on any atom is -0.126 e. The smallest absolute Gasteiger partial charge is 0.0325 e. The van der Waals surface area contributed by atoms with Crippen LogP contribution in [0, 0.1) is 11.3 Å². The second-order valence-corrected chi connectivity index (χ2v) is 5.30. The molecule has 0 aromatic rings. The lowest BCUT2D eigenvalue weighted by atomic mass is 9.78. The van der Waals surface area contributed by atoms with E-state index in [4.69, 9.17) is 0 Å². The maximum absolute atomic E-state index is 2.35. The Balaban J connectivity index is 2.69. The zero-order chi connectivity index (χ0) is 9.19. The van der Waals surface area contributed by atoms with Crippen LogP contribution in [-0.4, -0.2) is 5.25 Å². The van der Waals surface area contributed by atoms with Gasteiger partial charge in [0.1, 0.15) is 0 Å². The quantitative estimate of drug-likeness (QED) is 0.625. The molecule has 0 N–H and O–H groups in total. The van der Waals surface area contributed by atoms with E-state index in [9.17, 15) is 0 Å². The number of allylic oxidation sites excluding steroid dienone is 2. The van der Waals surface area contributed by atoms with Crippen LogP contribution in [0.25, 0.3) is 0 Å². The molecule has 1 unspecified atom stereocenters. The van der Waals surface area contributed by atoms with E-state index in [0.29, 0.717) is 10.7 Å². The number of hydrogen-bond acceptors (Lipinski definition) is 1. The van der Waals surface area contributed by atoms with Crippen molar-refractivity contribution >= 4 is 11.8 Å². The Labute approximate surface area is 80.1 Å². The van der Waals surface area contributed by atoms with Gasteiger partial charge in [-0.15, -0.1) is 11.8 Å². The first-order chi connectivity index (χ1) is 5.55.